The highest BCUT2D eigenvalue weighted by Crippen LogP contribution is 2.20. The van der Waals surface area contributed by atoms with E-state index in [1.165, 1.54) is 4.90 Å². The third-order valence-corrected chi connectivity index (χ3v) is 2.22. The molecule has 15 heavy (non-hydrogen) atoms. The maximum absolute atomic E-state index is 11.6. The average molecular weight is 217 g/mol. The standard InChI is InChI=1S/C10H19NO4/c1-9(2,3)15-8(12)11-6-4-10(13,14)5-7-11/h13-14H,4-7H2,1-3H3. The molecular weight excluding hydrogens is 198 g/mol. The zero-order valence-electron chi connectivity index (χ0n) is 9.49. The van der Waals surface area contributed by atoms with Gasteiger partial charge < -0.3 is 19.8 Å². The van der Waals surface area contributed by atoms with Crippen molar-refractivity contribution in [3.8, 4) is 0 Å². The zero-order chi connectivity index (χ0) is 11.7. The summed E-state index contributed by atoms with van der Waals surface area (Å²) in [6.45, 7) is 6.05. The highest BCUT2D eigenvalue weighted by atomic mass is 16.6. The molecule has 1 aliphatic heterocycles. The Labute approximate surface area is 89.6 Å². The van der Waals surface area contributed by atoms with E-state index in [0.29, 0.717) is 13.1 Å². The van der Waals surface area contributed by atoms with Crippen molar-refractivity contribution in [3.63, 3.8) is 0 Å². The molecule has 1 rings (SSSR count). The van der Waals surface area contributed by atoms with Crippen LogP contribution in [0.4, 0.5) is 4.79 Å². The second-order valence-electron chi connectivity index (χ2n) is 4.95. The first-order valence-electron chi connectivity index (χ1n) is 5.12. The number of aliphatic hydroxyl groups is 2. The third kappa shape index (κ3) is 4.05. The van der Waals surface area contributed by atoms with Gasteiger partial charge in [0, 0.05) is 25.9 Å². The van der Waals surface area contributed by atoms with Crippen molar-refractivity contribution in [3.05, 3.63) is 0 Å². The fourth-order valence-electron chi connectivity index (χ4n) is 1.37. The topological polar surface area (TPSA) is 70.0 Å². The van der Waals surface area contributed by atoms with Gasteiger partial charge in [-0.15, -0.1) is 0 Å². The first-order valence-corrected chi connectivity index (χ1v) is 5.12. The van der Waals surface area contributed by atoms with E-state index in [1.54, 1.807) is 20.8 Å². The number of ether oxygens (including phenoxy) is 1. The Kier molecular flexibility index (Phi) is 3.25. The summed E-state index contributed by atoms with van der Waals surface area (Å²) in [5, 5.41) is 18.6. The molecule has 0 aromatic rings. The first kappa shape index (κ1) is 12.3. The number of amides is 1. The van der Waals surface area contributed by atoms with Crippen LogP contribution in [0.3, 0.4) is 0 Å². The second-order valence-corrected chi connectivity index (χ2v) is 4.95. The van der Waals surface area contributed by atoms with Gasteiger partial charge in [0.25, 0.3) is 0 Å². The summed E-state index contributed by atoms with van der Waals surface area (Å²) < 4.78 is 5.17. The largest absolute Gasteiger partial charge is 0.444 e. The van der Waals surface area contributed by atoms with Gasteiger partial charge in [-0.25, -0.2) is 4.79 Å². The lowest BCUT2D eigenvalue weighted by atomic mass is 10.0. The van der Waals surface area contributed by atoms with E-state index in [2.05, 4.69) is 0 Å². The van der Waals surface area contributed by atoms with Crippen molar-refractivity contribution >= 4 is 6.09 Å². The predicted molar refractivity (Wildman–Crippen MR) is 54.2 cm³/mol. The molecule has 5 heteroatoms. The molecule has 1 saturated heterocycles. The summed E-state index contributed by atoms with van der Waals surface area (Å²) >= 11 is 0. The summed E-state index contributed by atoms with van der Waals surface area (Å²) in [5.41, 5.74) is -0.510. The number of hydrogen-bond acceptors (Lipinski definition) is 4. The molecule has 0 radical (unpaired) electrons. The molecule has 0 aromatic carbocycles. The Bertz CT molecular complexity index is 234. The lowest BCUT2D eigenvalue weighted by Gasteiger charge is -2.35. The SMILES string of the molecule is CC(C)(C)OC(=O)N1CCC(O)(O)CC1. The smallest absolute Gasteiger partial charge is 0.410 e. The van der Waals surface area contributed by atoms with Crippen LogP contribution in [0.2, 0.25) is 0 Å². The van der Waals surface area contributed by atoms with Crippen LogP contribution in [0.15, 0.2) is 0 Å². The number of piperidine rings is 1. The van der Waals surface area contributed by atoms with Gasteiger partial charge in [0.15, 0.2) is 5.79 Å². The molecule has 0 saturated carbocycles. The number of likely N-dealkylation sites (tertiary alicyclic amines) is 1. The van der Waals surface area contributed by atoms with E-state index in [9.17, 15) is 15.0 Å². The number of hydrogen-bond donors (Lipinski definition) is 2. The minimum atomic E-state index is -1.63. The summed E-state index contributed by atoms with van der Waals surface area (Å²) in [7, 11) is 0. The Morgan fingerprint density at radius 2 is 1.73 bits per heavy atom. The number of carbonyl (C=O) groups excluding carboxylic acids is 1. The lowest BCUT2D eigenvalue weighted by molar-refractivity contribution is -0.186. The lowest BCUT2D eigenvalue weighted by Crippen LogP contribution is -2.47. The Balaban J connectivity index is 2.44. The average Bonchev–Trinajstić information content (AvgIpc) is 2.00. The predicted octanol–water partition coefficient (Wildman–Crippen LogP) is 0.698. The van der Waals surface area contributed by atoms with Crippen LogP contribution >= 0.6 is 0 Å². The molecule has 1 heterocycles. The van der Waals surface area contributed by atoms with E-state index in [-0.39, 0.29) is 12.8 Å². The highest BCUT2D eigenvalue weighted by Gasteiger charge is 2.33. The molecule has 1 fully saturated rings. The van der Waals surface area contributed by atoms with Gasteiger partial charge in [0.05, 0.1) is 0 Å². The minimum absolute atomic E-state index is 0.173. The van der Waals surface area contributed by atoms with Crippen LogP contribution < -0.4 is 0 Å². The van der Waals surface area contributed by atoms with Crippen molar-refractivity contribution in [1.82, 2.24) is 4.90 Å². The zero-order valence-corrected chi connectivity index (χ0v) is 9.49. The van der Waals surface area contributed by atoms with Crippen LogP contribution in [-0.4, -0.2) is 45.7 Å². The molecule has 5 nitrogen and oxygen atoms in total. The van der Waals surface area contributed by atoms with Crippen molar-refractivity contribution in [2.24, 2.45) is 0 Å². The molecule has 0 aliphatic carbocycles. The monoisotopic (exact) mass is 217 g/mol. The van der Waals surface area contributed by atoms with E-state index in [1.807, 2.05) is 0 Å². The molecule has 0 aromatic heterocycles. The molecule has 0 spiro atoms. The van der Waals surface area contributed by atoms with Crippen LogP contribution in [0.25, 0.3) is 0 Å². The van der Waals surface area contributed by atoms with E-state index < -0.39 is 17.5 Å². The Hall–Kier alpha value is -0.810. The maximum Gasteiger partial charge on any atom is 0.410 e. The van der Waals surface area contributed by atoms with Crippen molar-refractivity contribution in [2.45, 2.75) is 45.0 Å². The summed E-state index contributed by atoms with van der Waals surface area (Å²) in [6, 6.07) is 0. The molecule has 0 atom stereocenters. The van der Waals surface area contributed by atoms with E-state index in [4.69, 9.17) is 4.74 Å². The second kappa shape index (κ2) is 3.98. The molecular formula is C10H19NO4. The number of nitrogens with zero attached hydrogens (tertiary/aromatic N) is 1. The van der Waals surface area contributed by atoms with Gasteiger partial charge >= 0.3 is 6.09 Å². The molecule has 2 N–H and O–H groups in total. The van der Waals surface area contributed by atoms with Crippen molar-refractivity contribution in [1.29, 1.82) is 0 Å². The maximum atomic E-state index is 11.6. The van der Waals surface area contributed by atoms with Crippen LogP contribution in [0.5, 0.6) is 0 Å². The summed E-state index contributed by atoms with van der Waals surface area (Å²) in [4.78, 5) is 13.1. The Morgan fingerprint density at radius 1 is 1.27 bits per heavy atom. The number of rotatable bonds is 0. The highest BCUT2D eigenvalue weighted by molar-refractivity contribution is 5.68. The Morgan fingerprint density at radius 3 is 2.13 bits per heavy atom. The van der Waals surface area contributed by atoms with Crippen LogP contribution in [-0.2, 0) is 4.74 Å². The van der Waals surface area contributed by atoms with Gasteiger partial charge in [-0.1, -0.05) is 0 Å². The quantitative estimate of drug-likeness (QED) is 0.586. The van der Waals surface area contributed by atoms with Gasteiger partial charge in [-0.3, -0.25) is 0 Å². The molecule has 0 bridgehead atoms. The van der Waals surface area contributed by atoms with Gasteiger partial charge in [0.1, 0.15) is 5.60 Å². The van der Waals surface area contributed by atoms with Gasteiger partial charge in [-0.2, -0.15) is 0 Å². The van der Waals surface area contributed by atoms with E-state index >= 15 is 0 Å². The minimum Gasteiger partial charge on any atom is -0.444 e. The van der Waals surface area contributed by atoms with E-state index in [0.717, 1.165) is 0 Å². The third-order valence-electron chi connectivity index (χ3n) is 2.22. The fourth-order valence-corrected chi connectivity index (χ4v) is 1.37. The van der Waals surface area contributed by atoms with Crippen LogP contribution in [0.1, 0.15) is 33.6 Å². The number of carbonyl (C=O) groups is 1. The van der Waals surface area contributed by atoms with Crippen molar-refractivity contribution < 1.29 is 19.7 Å². The van der Waals surface area contributed by atoms with Gasteiger partial charge in [0.2, 0.25) is 0 Å². The first-order chi connectivity index (χ1) is 6.70. The molecule has 88 valence electrons. The van der Waals surface area contributed by atoms with Crippen molar-refractivity contribution in [2.75, 3.05) is 13.1 Å². The normalized spacial score (nSPS) is 21.3. The summed E-state index contributed by atoms with van der Waals surface area (Å²) in [5.74, 6) is -1.63. The van der Waals surface area contributed by atoms with Crippen LogP contribution in [0, 0.1) is 0 Å². The molecule has 0 unspecified atom stereocenters. The fraction of sp³-hybridized carbons (Fsp3) is 0.900. The molecule has 1 amide bonds. The van der Waals surface area contributed by atoms with Gasteiger partial charge in [-0.05, 0) is 20.8 Å². The summed E-state index contributed by atoms with van der Waals surface area (Å²) in [6.07, 6.45) is -0.0450. The molecule has 1 aliphatic rings.